The average Bonchev–Trinajstić information content (AvgIpc) is 2.44. The Bertz CT molecular complexity index is 773. The molecule has 0 radical (unpaired) electrons. The van der Waals surface area contributed by atoms with Crippen molar-refractivity contribution in [1.82, 2.24) is 4.57 Å². The van der Waals surface area contributed by atoms with Gasteiger partial charge in [0.05, 0.1) is 27.5 Å². The van der Waals surface area contributed by atoms with E-state index in [1.54, 1.807) is 6.07 Å². The van der Waals surface area contributed by atoms with Crippen LogP contribution in [0, 0.1) is 12.7 Å². The van der Waals surface area contributed by atoms with Crippen LogP contribution >= 0.6 is 16.1 Å². The first-order valence-corrected chi connectivity index (χ1v) is 6.69. The van der Waals surface area contributed by atoms with E-state index in [1.165, 1.54) is 46.9 Å². The van der Waals surface area contributed by atoms with Crippen LogP contribution in [0.1, 0.15) is 15.9 Å². The summed E-state index contributed by atoms with van der Waals surface area (Å²) in [6, 6.07) is 5.87. The molecular formula is C14H12BrFN2O3. The Morgan fingerprint density at radius 2 is 2.00 bits per heavy atom. The maximum absolute atomic E-state index is 13.9. The van der Waals surface area contributed by atoms with Crippen LogP contribution in [0.4, 0.5) is 15.8 Å². The molecule has 1 aromatic carbocycles. The fourth-order valence-corrected chi connectivity index (χ4v) is 2.77. The summed E-state index contributed by atoms with van der Waals surface area (Å²) in [5.41, 5.74) is -0.0184. The minimum Gasteiger partial charge on any atom is -0.478 e. The second-order valence-corrected chi connectivity index (χ2v) is 5.18. The van der Waals surface area contributed by atoms with Crippen LogP contribution in [0.25, 0.3) is 0 Å². The molecule has 110 valence electrons. The molecule has 2 rings (SSSR count). The third kappa shape index (κ3) is 2.69. The number of hydrogen-bond donors (Lipinski definition) is 1. The minimum atomic E-state index is -1.20. The molecular weight excluding hydrogens is 343 g/mol. The van der Waals surface area contributed by atoms with Crippen molar-refractivity contribution in [3.05, 3.63) is 57.8 Å². The number of aromatic nitrogens is 1. The van der Waals surface area contributed by atoms with Gasteiger partial charge in [0.1, 0.15) is 11.4 Å². The Balaban J connectivity index is 2.74. The van der Waals surface area contributed by atoms with Crippen LogP contribution < -0.4 is 9.49 Å². The zero-order valence-electron chi connectivity index (χ0n) is 11.3. The number of hydrogen-bond acceptors (Lipinski definition) is 3. The van der Waals surface area contributed by atoms with E-state index in [1.807, 2.05) is 0 Å². The highest BCUT2D eigenvalue weighted by Crippen LogP contribution is 2.34. The van der Waals surface area contributed by atoms with Crippen LogP contribution in [0.2, 0.25) is 0 Å². The van der Waals surface area contributed by atoms with Gasteiger partial charge in [-0.25, -0.2) is 9.18 Å². The molecule has 0 saturated carbocycles. The molecule has 1 N–H and O–H groups in total. The number of pyridine rings is 1. The topological polar surface area (TPSA) is 62.5 Å². The minimum absolute atomic E-state index is 0.102. The molecule has 0 fully saturated rings. The third-order valence-corrected chi connectivity index (χ3v) is 3.80. The maximum atomic E-state index is 13.9. The lowest BCUT2D eigenvalue weighted by Gasteiger charge is -2.21. The number of anilines is 2. The smallest absolute Gasteiger partial charge is 0.339 e. The Hall–Kier alpha value is -2.15. The van der Waals surface area contributed by atoms with Crippen molar-refractivity contribution >= 4 is 33.5 Å². The molecule has 0 saturated heterocycles. The van der Waals surface area contributed by atoms with Gasteiger partial charge >= 0.3 is 5.97 Å². The molecule has 5 nitrogen and oxygen atoms in total. The Morgan fingerprint density at radius 3 is 2.57 bits per heavy atom. The number of carboxylic acid groups (broad SMARTS) is 1. The number of carboxylic acids is 1. The van der Waals surface area contributed by atoms with E-state index in [2.05, 4.69) is 16.1 Å². The molecule has 7 heteroatoms. The largest absolute Gasteiger partial charge is 0.478 e. The SMILES string of the molecule is Cc1c(N(Br)c2ccccc2F)c(C(=O)O)cn(C)c1=O. The molecule has 1 heterocycles. The molecule has 0 aliphatic carbocycles. The van der Waals surface area contributed by atoms with Gasteiger partial charge in [-0.3, -0.25) is 8.72 Å². The highest BCUT2D eigenvalue weighted by atomic mass is 79.9. The lowest BCUT2D eigenvalue weighted by atomic mass is 10.1. The standard InChI is InChI=1S/C14H12BrFN2O3/c1-8-12(9(14(20)21)7-17(2)13(8)19)18(15)11-6-4-3-5-10(11)16/h3-7H,1-2H3,(H,20,21). The van der Waals surface area contributed by atoms with E-state index in [-0.39, 0.29) is 28.1 Å². The Kier molecular flexibility index (Phi) is 4.13. The normalized spacial score (nSPS) is 10.5. The van der Waals surface area contributed by atoms with Crippen molar-refractivity contribution in [2.45, 2.75) is 6.92 Å². The van der Waals surface area contributed by atoms with Gasteiger partial charge in [-0.05, 0) is 19.1 Å². The zero-order valence-corrected chi connectivity index (χ0v) is 12.9. The lowest BCUT2D eigenvalue weighted by Crippen LogP contribution is -2.24. The molecule has 1 aromatic heterocycles. The quantitative estimate of drug-likeness (QED) is 0.860. The van der Waals surface area contributed by atoms with Crippen molar-refractivity contribution < 1.29 is 14.3 Å². The molecule has 0 unspecified atom stereocenters. The number of nitrogens with zero attached hydrogens (tertiary/aromatic N) is 2. The molecule has 2 aromatic rings. The van der Waals surface area contributed by atoms with Gasteiger partial charge in [-0.1, -0.05) is 12.1 Å². The van der Waals surface area contributed by atoms with E-state index >= 15 is 0 Å². The van der Waals surface area contributed by atoms with Gasteiger partial charge in [0, 0.05) is 18.8 Å². The number of para-hydroxylation sites is 1. The average molecular weight is 355 g/mol. The fourth-order valence-electron chi connectivity index (χ4n) is 2.02. The van der Waals surface area contributed by atoms with E-state index in [0.29, 0.717) is 0 Å². The van der Waals surface area contributed by atoms with Gasteiger partial charge in [-0.15, -0.1) is 0 Å². The van der Waals surface area contributed by atoms with Gasteiger partial charge in [0.25, 0.3) is 5.56 Å². The number of aryl methyl sites for hydroxylation is 1. The van der Waals surface area contributed by atoms with Crippen molar-refractivity contribution in [3.63, 3.8) is 0 Å². The predicted octanol–water partition coefficient (Wildman–Crippen LogP) is 2.98. The molecule has 0 amide bonds. The van der Waals surface area contributed by atoms with Gasteiger partial charge in [-0.2, -0.15) is 0 Å². The number of aromatic carboxylic acids is 1. The van der Waals surface area contributed by atoms with Crippen molar-refractivity contribution in [2.24, 2.45) is 7.05 Å². The van der Waals surface area contributed by atoms with Crippen molar-refractivity contribution in [1.29, 1.82) is 0 Å². The van der Waals surface area contributed by atoms with Crippen LogP contribution in [-0.4, -0.2) is 15.6 Å². The Morgan fingerprint density at radius 1 is 1.38 bits per heavy atom. The predicted molar refractivity (Wildman–Crippen MR) is 80.8 cm³/mol. The first-order valence-electron chi connectivity index (χ1n) is 5.98. The van der Waals surface area contributed by atoms with Crippen LogP contribution in [-0.2, 0) is 7.05 Å². The monoisotopic (exact) mass is 354 g/mol. The van der Waals surface area contributed by atoms with Crippen LogP contribution in [0.3, 0.4) is 0 Å². The second-order valence-electron chi connectivity index (χ2n) is 4.47. The van der Waals surface area contributed by atoms with Gasteiger partial charge in [0.2, 0.25) is 0 Å². The first kappa shape index (κ1) is 15.2. The van der Waals surface area contributed by atoms with Gasteiger partial charge < -0.3 is 9.67 Å². The summed E-state index contributed by atoms with van der Waals surface area (Å²) in [7, 11) is 1.47. The summed E-state index contributed by atoms with van der Waals surface area (Å²) in [5, 5.41) is 9.31. The molecule has 0 atom stereocenters. The second kappa shape index (κ2) is 5.69. The summed E-state index contributed by atoms with van der Waals surface area (Å²) >= 11 is 3.16. The first-order chi connectivity index (χ1) is 9.84. The highest BCUT2D eigenvalue weighted by Gasteiger charge is 2.23. The molecule has 0 aliphatic rings. The van der Waals surface area contributed by atoms with Crippen LogP contribution in [0.15, 0.2) is 35.3 Å². The summed E-state index contributed by atoms with van der Waals surface area (Å²) in [6.07, 6.45) is 1.21. The van der Waals surface area contributed by atoms with Crippen LogP contribution in [0.5, 0.6) is 0 Å². The number of benzene rings is 1. The zero-order chi connectivity index (χ0) is 15.7. The highest BCUT2D eigenvalue weighted by molar-refractivity contribution is 9.10. The molecule has 0 bridgehead atoms. The number of carbonyl (C=O) groups is 1. The van der Waals surface area contributed by atoms with Crippen molar-refractivity contribution in [2.75, 3.05) is 3.93 Å². The maximum Gasteiger partial charge on any atom is 0.339 e. The Labute approximate surface area is 128 Å². The molecule has 21 heavy (non-hydrogen) atoms. The van der Waals surface area contributed by atoms with E-state index in [4.69, 9.17) is 0 Å². The summed E-state index contributed by atoms with van der Waals surface area (Å²) in [5.74, 6) is -1.74. The van der Waals surface area contributed by atoms with Gasteiger partial charge in [0.15, 0.2) is 0 Å². The third-order valence-electron chi connectivity index (χ3n) is 3.06. The molecule has 0 aliphatic heterocycles. The van der Waals surface area contributed by atoms with E-state index in [0.717, 1.165) is 0 Å². The lowest BCUT2D eigenvalue weighted by molar-refractivity contribution is 0.0696. The number of rotatable bonds is 3. The summed E-state index contributed by atoms with van der Waals surface area (Å²) < 4.78 is 16.2. The molecule has 0 spiro atoms. The van der Waals surface area contributed by atoms with E-state index in [9.17, 15) is 19.1 Å². The fraction of sp³-hybridized carbons (Fsp3) is 0.143. The van der Waals surface area contributed by atoms with Crippen molar-refractivity contribution in [3.8, 4) is 0 Å². The summed E-state index contributed by atoms with van der Waals surface area (Å²) in [6.45, 7) is 1.50. The van der Waals surface area contributed by atoms with E-state index < -0.39 is 11.8 Å². The summed E-state index contributed by atoms with van der Waals surface area (Å²) in [4.78, 5) is 23.4. The number of halogens is 2.